The van der Waals surface area contributed by atoms with Crippen molar-refractivity contribution in [3.8, 4) is 0 Å². The molecule has 0 amide bonds. The van der Waals surface area contributed by atoms with Crippen LogP contribution in [0.4, 0.5) is 0 Å². The van der Waals surface area contributed by atoms with Crippen molar-refractivity contribution >= 4 is 19.8 Å². The number of rotatable bonds is 70. The summed E-state index contributed by atoms with van der Waals surface area (Å²) >= 11 is 0. The number of phosphoric acid groups is 1. The number of carbonyl (C=O) groups is 2. The largest absolute Gasteiger partial charge is 0.756 e. The van der Waals surface area contributed by atoms with E-state index in [9.17, 15) is 19.0 Å². The van der Waals surface area contributed by atoms with Crippen molar-refractivity contribution in [1.82, 2.24) is 0 Å². The highest BCUT2D eigenvalue weighted by Crippen LogP contribution is 2.38. The van der Waals surface area contributed by atoms with Crippen LogP contribution in [-0.4, -0.2) is 70.0 Å². The van der Waals surface area contributed by atoms with Gasteiger partial charge in [-0.1, -0.05) is 373 Å². The van der Waals surface area contributed by atoms with E-state index in [-0.39, 0.29) is 32.0 Å². The predicted molar refractivity (Wildman–Crippen MR) is 352 cm³/mol. The number of quaternary nitrogens is 1. The first kappa shape index (κ1) is 81.0. The van der Waals surface area contributed by atoms with E-state index >= 15 is 0 Å². The molecule has 0 N–H and O–H groups in total. The first-order valence-corrected chi connectivity index (χ1v) is 38.2. The van der Waals surface area contributed by atoms with Crippen LogP contribution in [0, 0.1) is 0 Å². The average Bonchev–Trinajstić information content (AvgIpc) is 3.46. The molecule has 0 aromatic heterocycles. The molecule has 0 aliphatic carbocycles. The Balaban J connectivity index is 3.85. The first-order chi connectivity index (χ1) is 40.0. The molecule has 0 aliphatic heterocycles. The summed E-state index contributed by atoms with van der Waals surface area (Å²) < 4.78 is 34.3. The number of likely N-dealkylation sites (N-methyl/N-ethyl adjacent to an activating group) is 1. The van der Waals surface area contributed by atoms with Crippen LogP contribution < -0.4 is 4.89 Å². The maximum atomic E-state index is 12.9. The fourth-order valence-electron chi connectivity index (χ4n) is 11.5. The number of carbonyl (C=O) groups excluding carboxylic acids is 2. The zero-order chi connectivity index (χ0) is 59.8. The number of nitrogens with zero attached hydrogens (tertiary/aromatic N) is 1. The highest BCUT2D eigenvalue weighted by Gasteiger charge is 2.22. The Morgan fingerprint density at radius 3 is 0.780 bits per heavy atom. The molecule has 9 nitrogen and oxygen atoms in total. The average molecular weight is 1180 g/mol. The fourth-order valence-corrected chi connectivity index (χ4v) is 12.2. The van der Waals surface area contributed by atoms with Crippen LogP contribution >= 0.6 is 7.82 Å². The molecule has 10 heteroatoms. The second-order valence-electron chi connectivity index (χ2n) is 26.7. The summed E-state index contributed by atoms with van der Waals surface area (Å²) in [4.78, 5) is 38.0. The van der Waals surface area contributed by atoms with E-state index in [1.54, 1.807) is 0 Å². The predicted octanol–water partition coefficient (Wildman–Crippen LogP) is 23.1. The van der Waals surface area contributed by atoms with Crippen LogP contribution in [0.15, 0.2) is 0 Å². The topological polar surface area (TPSA) is 111 Å². The van der Waals surface area contributed by atoms with E-state index in [0.717, 1.165) is 32.1 Å². The fraction of sp³-hybridized carbons (Fsp3) is 0.972. The molecule has 0 aromatic carbocycles. The van der Waals surface area contributed by atoms with Gasteiger partial charge >= 0.3 is 11.9 Å². The van der Waals surface area contributed by atoms with Crippen LogP contribution in [0.25, 0.3) is 0 Å². The van der Waals surface area contributed by atoms with Gasteiger partial charge in [-0.3, -0.25) is 14.2 Å². The third kappa shape index (κ3) is 68.1. The van der Waals surface area contributed by atoms with Gasteiger partial charge in [0.1, 0.15) is 19.8 Å². The number of esters is 2. The highest BCUT2D eigenvalue weighted by atomic mass is 31.2. The summed E-state index contributed by atoms with van der Waals surface area (Å²) in [5.74, 6) is -0.804. The second kappa shape index (κ2) is 64.5. The van der Waals surface area contributed by atoms with E-state index in [2.05, 4.69) is 13.8 Å². The summed E-state index contributed by atoms with van der Waals surface area (Å²) in [6.07, 6.45) is 77.9. The van der Waals surface area contributed by atoms with Crippen molar-refractivity contribution < 1.29 is 42.1 Å². The molecule has 0 aromatic rings. The number of hydrogen-bond donors (Lipinski definition) is 0. The maximum Gasteiger partial charge on any atom is 0.306 e. The quantitative estimate of drug-likeness (QED) is 0.0256. The minimum Gasteiger partial charge on any atom is -0.756 e. The van der Waals surface area contributed by atoms with Gasteiger partial charge in [0.2, 0.25) is 0 Å². The molecule has 0 saturated carbocycles. The van der Waals surface area contributed by atoms with E-state index in [0.29, 0.717) is 17.4 Å². The first-order valence-electron chi connectivity index (χ1n) is 36.7. The lowest BCUT2D eigenvalue weighted by Crippen LogP contribution is -2.37. The third-order valence-corrected chi connectivity index (χ3v) is 18.1. The lowest BCUT2D eigenvalue weighted by Gasteiger charge is -2.28. The lowest BCUT2D eigenvalue weighted by molar-refractivity contribution is -0.870. The highest BCUT2D eigenvalue weighted by molar-refractivity contribution is 7.45. The second-order valence-corrected chi connectivity index (χ2v) is 28.1. The van der Waals surface area contributed by atoms with E-state index < -0.39 is 26.5 Å². The molecule has 2 unspecified atom stereocenters. The Bertz CT molecular complexity index is 1340. The van der Waals surface area contributed by atoms with Crippen molar-refractivity contribution in [2.75, 3.05) is 47.5 Å². The Morgan fingerprint density at radius 1 is 0.329 bits per heavy atom. The number of unbranched alkanes of at least 4 members (excludes halogenated alkanes) is 56. The van der Waals surface area contributed by atoms with Gasteiger partial charge in [0.25, 0.3) is 7.82 Å². The van der Waals surface area contributed by atoms with Gasteiger partial charge in [-0.2, -0.15) is 0 Å². The third-order valence-electron chi connectivity index (χ3n) is 17.1. The van der Waals surface area contributed by atoms with Crippen LogP contribution in [0.5, 0.6) is 0 Å². The molecule has 0 fully saturated rings. The summed E-state index contributed by atoms with van der Waals surface area (Å²) in [5, 5.41) is 0. The molecular formula is C72H144NO8P. The van der Waals surface area contributed by atoms with Gasteiger partial charge in [-0.15, -0.1) is 0 Å². The van der Waals surface area contributed by atoms with Crippen molar-refractivity contribution in [1.29, 1.82) is 0 Å². The Kier molecular flexibility index (Phi) is 63.7. The molecule has 82 heavy (non-hydrogen) atoms. The standard InChI is InChI=1S/C72H144NO8P/c1-6-8-10-12-14-16-18-20-22-24-26-27-28-29-30-31-32-33-34-35-36-37-38-39-40-41-42-43-44-45-47-49-51-53-55-57-59-61-63-65-72(75)81-70(69-80-82(76,77)79-67-66-73(3,4)5)68-78-71(74)64-62-60-58-56-54-52-50-48-46-25-23-21-19-17-15-13-11-9-7-2/h70H,6-69H2,1-5H3. The normalized spacial score (nSPS) is 13.0. The SMILES string of the molecule is CCCCCCCCCCCCCCCCCCCCCCCCCCCCCCCCCCCCCCCCCC(=O)OC(COC(=O)CCCCCCCCCCCCCCCCCCCCC)COP(=O)([O-])OCC[N+](C)(C)C. The van der Waals surface area contributed by atoms with Gasteiger partial charge in [0.05, 0.1) is 27.7 Å². The van der Waals surface area contributed by atoms with Crippen molar-refractivity contribution in [3.05, 3.63) is 0 Å². The van der Waals surface area contributed by atoms with E-state index in [1.807, 2.05) is 21.1 Å². The minimum absolute atomic E-state index is 0.0249. The molecule has 0 aliphatic rings. The molecule has 2 atom stereocenters. The summed E-state index contributed by atoms with van der Waals surface area (Å²) in [5.41, 5.74) is 0. The van der Waals surface area contributed by atoms with Crippen molar-refractivity contribution in [2.24, 2.45) is 0 Å². The Labute approximate surface area is 512 Å². The zero-order valence-electron chi connectivity index (χ0n) is 56.0. The van der Waals surface area contributed by atoms with Crippen LogP contribution in [0.3, 0.4) is 0 Å². The molecule has 0 spiro atoms. The van der Waals surface area contributed by atoms with Gasteiger partial charge in [0, 0.05) is 12.8 Å². The van der Waals surface area contributed by atoms with Gasteiger partial charge in [0.15, 0.2) is 6.10 Å². The van der Waals surface area contributed by atoms with Crippen molar-refractivity contribution in [2.45, 2.75) is 405 Å². The molecular weight excluding hydrogens is 1040 g/mol. The zero-order valence-corrected chi connectivity index (χ0v) is 56.9. The molecule has 0 saturated heterocycles. The van der Waals surface area contributed by atoms with Crippen LogP contribution in [0.1, 0.15) is 399 Å². The molecule has 0 heterocycles. The Morgan fingerprint density at radius 2 is 0.549 bits per heavy atom. The summed E-state index contributed by atoms with van der Waals surface area (Å²) in [7, 11) is 1.20. The van der Waals surface area contributed by atoms with Gasteiger partial charge in [-0.05, 0) is 12.8 Å². The minimum atomic E-state index is -4.63. The number of phosphoric ester groups is 1. The van der Waals surface area contributed by atoms with Gasteiger partial charge in [-0.25, -0.2) is 0 Å². The number of hydrogen-bond acceptors (Lipinski definition) is 8. The molecule has 0 radical (unpaired) electrons. The molecule has 490 valence electrons. The lowest BCUT2D eigenvalue weighted by atomic mass is 10.0. The van der Waals surface area contributed by atoms with Crippen molar-refractivity contribution in [3.63, 3.8) is 0 Å². The Hall–Kier alpha value is -0.990. The number of ether oxygens (including phenoxy) is 2. The summed E-state index contributed by atoms with van der Waals surface area (Å²) in [6.45, 7) is 4.33. The van der Waals surface area contributed by atoms with Crippen LogP contribution in [-0.2, 0) is 32.7 Å². The molecule has 0 rings (SSSR count). The van der Waals surface area contributed by atoms with E-state index in [1.165, 1.54) is 334 Å². The van der Waals surface area contributed by atoms with Crippen LogP contribution in [0.2, 0.25) is 0 Å². The van der Waals surface area contributed by atoms with Gasteiger partial charge < -0.3 is 27.9 Å². The van der Waals surface area contributed by atoms with E-state index in [4.69, 9.17) is 18.5 Å². The maximum absolute atomic E-state index is 12.9. The summed E-state index contributed by atoms with van der Waals surface area (Å²) in [6, 6.07) is 0. The molecule has 0 bridgehead atoms. The smallest absolute Gasteiger partial charge is 0.306 e. The monoisotopic (exact) mass is 1180 g/mol.